The fourth-order valence-corrected chi connectivity index (χ4v) is 3.31. The number of aromatic nitrogens is 1. The molecular formula is C20H16FNO2S. The van der Waals surface area contributed by atoms with Crippen LogP contribution in [-0.2, 0) is 17.6 Å². The van der Waals surface area contributed by atoms with Gasteiger partial charge in [-0.15, -0.1) is 11.3 Å². The van der Waals surface area contributed by atoms with Gasteiger partial charge in [0.05, 0.1) is 12.1 Å². The summed E-state index contributed by atoms with van der Waals surface area (Å²) in [6.07, 6.45) is 0.540. The number of benzene rings is 2. The molecule has 0 aliphatic heterocycles. The molecule has 0 N–H and O–H groups in total. The van der Waals surface area contributed by atoms with Crippen LogP contribution in [0.25, 0.3) is 11.3 Å². The van der Waals surface area contributed by atoms with Crippen LogP contribution in [0.1, 0.15) is 27.9 Å². The lowest BCUT2D eigenvalue weighted by molar-refractivity contribution is -0.116. The Kier molecular flexibility index (Phi) is 5.14. The third-order valence-corrected chi connectivity index (χ3v) is 4.59. The van der Waals surface area contributed by atoms with Crippen LogP contribution >= 0.6 is 11.3 Å². The van der Waals surface area contributed by atoms with Crippen molar-refractivity contribution in [1.82, 2.24) is 4.98 Å². The summed E-state index contributed by atoms with van der Waals surface area (Å²) >= 11 is 1.34. The van der Waals surface area contributed by atoms with Crippen LogP contribution in [0.5, 0.6) is 0 Å². The highest BCUT2D eigenvalue weighted by Gasteiger charge is 2.13. The molecule has 0 saturated heterocycles. The Balaban J connectivity index is 1.71. The van der Waals surface area contributed by atoms with E-state index in [4.69, 9.17) is 0 Å². The van der Waals surface area contributed by atoms with Gasteiger partial charge in [0.25, 0.3) is 0 Å². The summed E-state index contributed by atoms with van der Waals surface area (Å²) in [5.41, 5.74) is 2.45. The fraction of sp³-hybridized carbons (Fsp3) is 0.150. The van der Waals surface area contributed by atoms with E-state index in [1.807, 2.05) is 0 Å². The van der Waals surface area contributed by atoms with Crippen molar-refractivity contribution in [3.8, 4) is 11.3 Å². The first-order valence-electron chi connectivity index (χ1n) is 7.84. The van der Waals surface area contributed by atoms with Gasteiger partial charge in [0.1, 0.15) is 16.6 Å². The van der Waals surface area contributed by atoms with Crippen molar-refractivity contribution in [2.24, 2.45) is 0 Å². The zero-order chi connectivity index (χ0) is 17.8. The van der Waals surface area contributed by atoms with Crippen molar-refractivity contribution in [1.29, 1.82) is 0 Å². The number of ketones is 2. The fourth-order valence-electron chi connectivity index (χ4n) is 2.52. The van der Waals surface area contributed by atoms with Crippen LogP contribution in [0.3, 0.4) is 0 Å². The van der Waals surface area contributed by atoms with Gasteiger partial charge < -0.3 is 0 Å². The molecule has 25 heavy (non-hydrogen) atoms. The highest BCUT2D eigenvalue weighted by molar-refractivity contribution is 7.10. The highest BCUT2D eigenvalue weighted by Crippen LogP contribution is 2.25. The molecular weight excluding hydrogens is 337 g/mol. The molecule has 1 aromatic heterocycles. The summed E-state index contributed by atoms with van der Waals surface area (Å²) in [6, 6.07) is 13.5. The Morgan fingerprint density at radius 1 is 1.04 bits per heavy atom. The topological polar surface area (TPSA) is 47.0 Å². The Labute approximate surface area is 149 Å². The summed E-state index contributed by atoms with van der Waals surface area (Å²) in [4.78, 5) is 27.9. The van der Waals surface area contributed by atoms with E-state index in [1.165, 1.54) is 24.3 Å². The zero-order valence-corrected chi connectivity index (χ0v) is 14.5. The Morgan fingerprint density at radius 2 is 1.76 bits per heavy atom. The minimum atomic E-state index is -0.327. The molecule has 0 unspecified atom stereocenters. The monoisotopic (exact) mass is 353 g/mol. The molecule has 0 fully saturated rings. The number of nitrogens with zero attached hydrogens (tertiary/aromatic N) is 1. The zero-order valence-electron chi connectivity index (χ0n) is 13.7. The van der Waals surface area contributed by atoms with E-state index >= 15 is 0 Å². The van der Waals surface area contributed by atoms with Gasteiger partial charge in [-0.1, -0.05) is 36.4 Å². The molecule has 2 aromatic carbocycles. The van der Waals surface area contributed by atoms with Crippen molar-refractivity contribution in [3.63, 3.8) is 0 Å². The molecule has 0 aliphatic rings. The number of hydrogen-bond donors (Lipinski definition) is 0. The lowest BCUT2D eigenvalue weighted by atomic mass is 10.0. The second kappa shape index (κ2) is 7.49. The predicted octanol–water partition coefficient (Wildman–Crippen LogP) is 4.51. The van der Waals surface area contributed by atoms with Crippen LogP contribution in [-0.4, -0.2) is 16.6 Å². The number of thiazole rings is 1. The third kappa shape index (κ3) is 4.25. The number of hydrogen-bond acceptors (Lipinski definition) is 4. The first-order valence-corrected chi connectivity index (χ1v) is 8.72. The number of halogens is 1. The summed E-state index contributed by atoms with van der Waals surface area (Å²) in [5.74, 6) is -0.293. The lowest BCUT2D eigenvalue weighted by Crippen LogP contribution is -2.04. The van der Waals surface area contributed by atoms with E-state index in [0.717, 1.165) is 5.56 Å². The van der Waals surface area contributed by atoms with Crippen LogP contribution < -0.4 is 0 Å². The highest BCUT2D eigenvalue weighted by atomic mass is 32.1. The SMILES string of the molecule is CC(=O)Cc1ccc(C(=O)Cc2nc(-c3ccccc3F)cs2)cc1. The van der Waals surface area contributed by atoms with Gasteiger partial charge in [0, 0.05) is 22.9 Å². The van der Waals surface area contributed by atoms with Crippen LogP contribution in [0.4, 0.5) is 4.39 Å². The minimum absolute atomic E-state index is 0.0520. The van der Waals surface area contributed by atoms with Gasteiger partial charge in [-0.2, -0.15) is 0 Å². The Hall–Kier alpha value is -2.66. The van der Waals surface area contributed by atoms with Crippen molar-refractivity contribution < 1.29 is 14.0 Å². The average molecular weight is 353 g/mol. The molecule has 0 spiro atoms. The average Bonchev–Trinajstić information content (AvgIpc) is 3.03. The van der Waals surface area contributed by atoms with Gasteiger partial charge in [-0.3, -0.25) is 9.59 Å². The number of carbonyl (C=O) groups excluding carboxylic acids is 2. The molecule has 0 aliphatic carbocycles. The summed E-state index contributed by atoms with van der Waals surface area (Å²) < 4.78 is 13.8. The molecule has 0 radical (unpaired) electrons. The molecule has 5 heteroatoms. The van der Waals surface area contributed by atoms with Crippen molar-refractivity contribution >= 4 is 22.9 Å². The molecule has 3 nitrogen and oxygen atoms in total. The van der Waals surface area contributed by atoms with E-state index in [-0.39, 0.29) is 23.8 Å². The molecule has 1 heterocycles. The largest absolute Gasteiger partial charge is 0.300 e. The van der Waals surface area contributed by atoms with Crippen LogP contribution in [0, 0.1) is 5.82 Å². The van der Waals surface area contributed by atoms with E-state index < -0.39 is 0 Å². The first kappa shape index (κ1) is 17.2. The second-order valence-corrected chi connectivity index (χ2v) is 6.72. The number of carbonyl (C=O) groups is 2. The van der Waals surface area contributed by atoms with E-state index in [2.05, 4.69) is 4.98 Å². The maximum absolute atomic E-state index is 13.8. The number of rotatable bonds is 6. The van der Waals surface area contributed by atoms with E-state index in [0.29, 0.717) is 28.2 Å². The molecule has 0 bridgehead atoms. The van der Waals surface area contributed by atoms with Gasteiger partial charge in [-0.05, 0) is 24.6 Å². The maximum Gasteiger partial charge on any atom is 0.169 e. The number of Topliss-reactive ketones (excluding diaryl/α,β-unsaturated/α-hetero) is 2. The molecule has 0 atom stereocenters. The van der Waals surface area contributed by atoms with Crippen molar-refractivity contribution in [2.45, 2.75) is 19.8 Å². The molecule has 0 saturated carbocycles. The Morgan fingerprint density at radius 3 is 2.44 bits per heavy atom. The van der Waals surface area contributed by atoms with Gasteiger partial charge in [0.15, 0.2) is 5.78 Å². The van der Waals surface area contributed by atoms with Crippen LogP contribution in [0.2, 0.25) is 0 Å². The van der Waals surface area contributed by atoms with Crippen LogP contribution in [0.15, 0.2) is 53.9 Å². The predicted molar refractivity (Wildman–Crippen MR) is 96.4 cm³/mol. The van der Waals surface area contributed by atoms with Gasteiger partial charge in [0.2, 0.25) is 0 Å². The summed E-state index contributed by atoms with van der Waals surface area (Å²) in [5, 5.41) is 2.41. The summed E-state index contributed by atoms with van der Waals surface area (Å²) in [6.45, 7) is 1.54. The maximum atomic E-state index is 13.8. The first-order chi connectivity index (χ1) is 12.0. The normalized spacial score (nSPS) is 10.6. The smallest absolute Gasteiger partial charge is 0.169 e. The molecule has 0 amide bonds. The van der Waals surface area contributed by atoms with Gasteiger partial charge >= 0.3 is 0 Å². The van der Waals surface area contributed by atoms with Crippen molar-refractivity contribution in [3.05, 3.63) is 75.9 Å². The second-order valence-electron chi connectivity index (χ2n) is 5.78. The minimum Gasteiger partial charge on any atom is -0.300 e. The van der Waals surface area contributed by atoms with Gasteiger partial charge in [-0.25, -0.2) is 9.37 Å². The van der Waals surface area contributed by atoms with E-state index in [1.54, 1.807) is 47.8 Å². The van der Waals surface area contributed by atoms with E-state index in [9.17, 15) is 14.0 Å². The standard InChI is InChI=1S/C20H16FNO2S/c1-13(23)10-14-6-8-15(9-7-14)19(24)11-20-22-18(12-25-20)16-4-2-3-5-17(16)21/h2-9,12H,10-11H2,1H3. The molecule has 126 valence electrons. The molecule has 3 aromatic rings. The third-order valence-electron chi connectivity index (χ3n) is 3.74. The quantitative estimate of drug-likeness (QED) is 0.613. The van der Waals surface area contributed by atoms with Crippen molar-refractivity contribution in [2.75, 3.05) is 0 Å². The lowest BCUT2D eigenvalue weighted by Gasteiger charge is -2.02. The molecule has 3 rings (SSSR count). The Bertz CT molecular complexity index is 915. The summed E-state index contributed by atoms with van der Waals surface area (Å²) in [7, 11) is 0.